The van der Waals surface area contributed by atoms with Gasteiger partial charge in [0, 0.05) is 31.7 Å². The summed E-state index contributed by atoms with van der Waals surface area (Å²) in [5, 5.41) is 2.79. The summed E-state index contributed by atoms with van der Waals surface area (Å²) in [4.78, 5) is 27.5. The molecule has 0 unspecified atom stereocenters. The van der Waals surface area contributed by atoms with Gasteiger partial charge in [-0.2, -0.15) is 12.7 Å². The second kappa shape index (κ2) is 11.1. The lowest BCUT2D eigenvalue weighted by atomic mass is 10.1. The van der Waals surface area contributed by atoms with Crippen LogP contribution in [0.15, 0.2) is 48.5 Å². The van der Waals surface area contributed by atoms with Gasteiger partial charge in [-0.15, -0.1) is 0 Å². The summed E-state index contributed by atoms with van der Waals surface area (Å²) in [5.41, 5.74) is -0.363. The smallest absolute Gasteiger partial charge is 0.304 e. The van der Waals surface area contributed by atoms with Crippen molar-refractivity contribution in [2.24, 2.45) is 0 Å². The van der Waals surface area contributed by atoms with Crippen LogP contribution in [0.25, 0.3) is 0 Å². The van der Waals surface area contributed by atoms with E-state index >= 15 is 0 Å². The van der Waals surface area contributed by atoms with E-state index < -0.39 is 51.8 Å². The van der Waals surface area contributed by atoms with Crippen molar-refractivity contribution in [2.45, 2.75) is 45.8 Å². The van der Waals surface area contributed by atoms with Gasteiger partial charge in [0.15, 0.2) is 0 Å². The lowest BCUT2D eigenvalue weighted by Crippen LogP contribution is -2.55. The third-order valence-electron chi connectivity index (χ3n) is 5.10. The second-order valence-corrected chi connectivity index (χ2v) is 11.4. The number of hydrogen-bond donors (Lipinski definition) is 1. The van der Waals surface area contributed by atoms with Crippen LogP contribution in [-0.4, -0.2) is 61.7 Å². The Balaban J connectivity index is 2.48. The zero-order chi connectivity index (χ0) is 26.6. The first-order valence-electron chi connectivity index (χ1n) is 10.9. The van der Waals surface area contributed by atoms with Gasteiger partial charge < -0.3 is 10.2 Å². The Kier molecular flexibility index (Phi) is 8.96. The average molecular weight is 511 g/mol. The number of hydrogen-bond acceptors (Lipinski definition) is 4. The predicted molar refractivity (Wildman–Crippen MR) is 131 cm³/mol. The Morgan fingerprint density at radius 1 is 1.00 bits per heavy atom. The first kappa shape index (κ1) is 28.2. The molecule has 0 bridgehead atoms. The molecular formula is C24H32F2N4O4S. The zero-order valence-corrected chi connectivity index (χ0v) is 21.6. The number of amides is 2. The monoisotopic (exact) mass is 510 g/mol. The van der Waals surface area contributed by atoms with Crippen LogP contribution in [0.3, 0.4) is 0 Å². The molecule has 0 heterocycles. The number of carbonyl (C=O) groups is 2. The quantitative estimate of drug-likeness (QED) is 0.562. The second-order valence-electron chi connectivity index (χ2n) is 9.30. The van der Waals surface area contributed by atoms with Crippen LogP contribution in [-0.2, 0) is 26.3 Å². The highest BCUT2D eigenvalue weighted by atomic mass is 32.2. The molecule has 35 heavy (non-hydrogen) atoms. The maximum absolute atomic E-state index is 14.4. The number of anilines is 1. The van der Waals surface area contributed by atoms with E-state index in [0.29, 0.717) is 0 Å². The van der Waals surface area contributed by atoms with E-state index in [1.165, 1.54) is 51.4 Å². The van der Waals surface area contributed by atoms with Gasteiger partial charge in [0.2, 0.25) is 11.8 Å². The van der Waals surface area contributed by atoms with Crippen LogP contribution in [0, 0.1) is 11.6 Å². The van der Waals surface area contributed by atoms with Crippen LogP contribution < -0.4 is 9.62 Å². The maximum atomic E-state index is 14.4. The standard InChI is InChI=1S/C24H32F2N4O4S/c1-17(23(32)27-24(2,3)4)29(15-18-9-7-8-10-21(18)26)22(31)16-30(35(33,34)28(5)6)20-13-11-19(25)12-14-20/h7-14,17H,15-16H2,1-6H3,(H,27,32)/t17-/m0/s1. The summed E-state index contributed by atoms with van der Waals surface area (Å²) in [6.07, 6.45) is 0. The van der Waals surface area contributed by atoms with Crippen molar-refractivity contribution in [3.05, 3.63) is 65.7 Å². The minimum Gasteiger partial charge on any atom is -0.350 e. The number of nitrogens with zero attached hydrogens (tertiary/aromatic N) is 3. The van der Waals surface area contributed by atoms with Crippen molar-refractivity contribution in [2.75, 3.05) is 24.9 Å². The molecule has 1 atom stereocenters. The molecule has 2 aromatic rings. The van der Waals surface area contributed by atoms with Crippen molar-refractivity contribution in [1.82, 2.24) is 14.5 Å². The fourth-order valence-electron chi connectivity index (χ4n) is 3.19. The molecule has 8 nitrogen and oxygen atoms in total. The number of benzene rings is 2. The Morgan fingerprint density at radius 3 is 2.09 bits per heavy atom. The zero-order valence-electron chi connectivity index (χ0n) is 20.7. The van der Waals surface area contributed by atoms with Crippen LogP contribution in [0.5, 0.6) is 0 Å². The summed E-state index contributed by atoms with van der Waals surface area (Å²) < 4.78 is 55.7. The van der Waals surface area contributed by atoms with E-state index in [-0.39, 0.29) is 17.8 Å². The largest absolute Gasteiger partial charge is 0.350 e. The highest BCUT2D eigenvalue weighted by Crippen LogP contribution is 2.22. The first-order valence-corrected chi connectivity index (χ1v) is 12.3. The Morgan fingerprint density at radius 2 is 1.57 bits per heavy atom. The summed E-state index contributed by atoms with van der Waals surface area (Å²) in [7, 11) is -1.57. The van der Waals surface area contributed by atoms with Gasteiger partial charge in [-0.1, -0.05) is 18.2 Å². The molecule has 0 spiro atoms. The molecule has 0 fully saturated rings. The topological polar surface area (TPSA) is 90.0 Å². The number of nitrogens with one attached hydrogen (secondary N) is 1. The van der Waals surface area contributed by atoms with Crippen molar-refractivity contribution in [1.29, 1.82) is 0 Å². The predicted octanol–water partition coefficient (Wildman–Crippen LogP) is 2.91. The van der Waals surface area contributed by atoms with E-state index in [1.807, 2.05) is 0 Å². The van der Waals surface area contributed by atoms with Gasteiger partial charge in [0.05, 0.1) is 5.69 Å². The highest BCUT2D eigenvalue weighted by Gasteiger charge is 2.33. The van der Waals surface area contributed by atoms with Gasteiger partial charge in [0.25, 0.3) is 0 Å². The molecule has 2 amide bonds. The summed E-state index contributed by atoms with van der Waals surface area (Å²) in [6.45, 7) is 5.88. The van der Waals surface area contributed by atoms with Gasteiger partial charge >= 0.3 is 10.2 Å². The third-order valence-corrected chi connectivity index (χ3v) is 6.92. The normalized spacial score (nSPS) is 12.8. The van der Waals surface area contributed by atoms with Crippen LogP contribution >= 0.6 is 0 Å². The molecular weight excluding hydrogens is 478 g/mol. The molecule has 2 rings (SSSR count). The molecule has 0 aliphatic rings. The first-order chi connectivity index (χ1) is 16.1. The van der Waals surface area contributed by atoms with Crippen molar-refractivity contribution < 1.29 is 26.8 Å². The summed E-state index contributed by atoms with van der Waals surface area (Å²) in [6, 6.07) is 9.41. The van der Waals surface area contributed by atoms with Crippen LogP contribution in [0.4, 0.5) is 14.5 Å². The van der Waals surface area contributed by atoms with Crippen LogP contribution in [0.2, 0.25) is 0 Å². The van der Waals surface area contributed by atoms with E-state index in [0.717, 1.165) is 25.6 Å². The Labute approximate surface area is 205 Å². The SMILES string of the molecule is C[C@@H](C(=O)NC(C)(C)C)N(Cc1ccccc1F)C(=O)CN(c1ccc(F)cc1)S(=O)(=O)N(C)C. The van der Waals surface area contributed by atoms with Crippen molar-refractivity contribution in [3.63, 3.8) is 0 Å². The van der Waals surface area contributed by atoms with Gasteiger partial charge in [0.1, 0.15) is 24.2 Å². The Bertz CT molecular complexity index is 1150. The third kappa shape index (κ3) is 7.46. The number of carbonyl (C=O) groups excluding carboxylic acids is 2. The van der Waals surface area contributed by atoms with E-state index in [1.54, 1.807) is 26.8 Å². The van der Waals surface area contributed by atoms with Crippen molar-refractivity contribution >= 4 is 27.7 Å². The molecule has 0 aliphatic carbocycles. The van der Waals surface area contributed by atoms with Crippen LogP contribution in [0.1, 0.15) is 33.3 Å². The van der Waals surface area contributed by atoms with E-state index in [9.17, 15) is 26.8 Å². The maximum Gasteiger partial charge on any atom is 0.304 e. The van der Waals surface area contributed by atoms with E-state index in [2.05, 4.69) is 5.32 Å². The van der Waals surface area contributed by atoms with Gasteiger partial charge in [-0.05, 0) is 58.0 Å². The molecule has 192 valence electrons. The molecule has 2 aromatic carbocycles. The average Bonchev–Trinajstić information content (AvgIpc) is 2.75. The number of halogens is 2. The summed E-state index contributed by atoms with van der Waals surface area (Å²) in [5.74, 6) is -2.36. The minimum atomic E-state index is -4.17. The molecule has 0 aliphatic heterocycles. The molecule has 0 radical (unpaired) electrons. The lowest BCUT2D eigenvalue weighted by molar-refractivity contribution is -0.140. The van der Waals surface area contributed by atoms with Gasteiger partial charge in [-0.25, -0.2) is 13.1 Å². The highest BCUT2D eigenvalue weighted by molar-refractivity contribution is 7.90. The van der Waals surface area contributed by atoms with Gasteiger partial charge in [-0.3, -0.25) is 9.59 Å². The van der Waals surface area contributed by atoms with E-state index in [4.69, 9.17) is 0 Å². The molecule has 1 N–H and O–H groups in total. The molecule has 0 saturated heterocycles. The minimum absolute atomic E-state index is 0.0612. The van der Waals surface area contributed by atoms with Crippen molar-refractivity contribution in [3.8, 4) is 0 Å². The molecule has 0 aromatic heterocycles. The number of rotatable bonds is 9. The summed E-state index contributed by atoms with van der Waals surface area (Å²) >= 11 is 0. The Hall–Kier alpha value is -3.05. The fraction of sp³-hybridized carbons (Fsp3) is 0.417. The molecule has 0 saturated carbocycles. The molecule has 11 heteroatoms. The lowest BCUT2D eigenvalue weighted by Gasteiger charge is -2.34. The fourth-order valence-corrected chi connectivity index (χ4v) is 4.25.